The molecule has 0 radical (unpaired) electrons. The molecule has 0 spiro atoms. The van der Waals surface area contributed by atoms with Crippen LogP contribution >= 0.6 is 0 Å². The summed E-state index contributed by atoms with van der Waals surface area (Å²) in [6.07, 6.45) is 2.17. The molecule has 0 saturated heterocycles. The van der Waals surface area contributed by atoms with E-state index in [2.05, 4.69) is 26.0 Å². The fourth-order valence-corrected chi connectivity index (χ4v) is 2.72. The van der Waals surface area contributed by atoms with Crippen molar-refractivity contribution in [3.63, 3.8) is 0 Å². The Kier molecular flexibility index (Phi) is 3.06. The van der Waals surface area contributed by atoms with Crippen LogP contribution < -0.4 is 10.5 Å². The summed E-state index contributed by atoms with van der Waals surface area (Å²) in [5.74, 6) is 1.76. The Labute approximate surface area is 120 Å². The van der Waals surface area contributed by atoms with Gasteiger partial charge in [0, 0.05) is 16.5 Å². The van der Waals surface area contributed by atoms with Gasteiger partial charge in [-0.25, -0.2) is 0 Å². The van der Waals surface area contributed by atoms with Gasteiger partial charge in [-0.15, -0.1) is 0 Å². The minimum absolute atomic E-state index is 0.0849. The van der Waals surface area contributed by atoms with Crippen LogP contribution in [0.25, 0.3) is 0 Å². The largest absolute Gasteiger partial charge is 0.457 e. The summed E-state index contributed by atoms with van der Waals surface area (Å²) >= 11 is 0. The van der Waals surface area contributed by atoms with Crippen LogP contribution in [-0.4, -0.2) is 5.54 Å². The summed E-state index contributed by atoms with van der Waals surface area (Å²) in [5.41, 5.74) is 7.47. The van der Waals surface area contributed by atoms with Crippen molar-refractivity contribution in [3.05, 3.63) is 60.2 Å². The molecule has 1 aliphatic carbocycles. The highest BCUT2D eigenvalue weighted by Crippen LogP contribution is 2.51. The van der Waals surface area contributed by atoms with E-state index in [1.54, 1.807) is 0 Å². The van der Waals surface area contributed by atoms with Gasteiger partial charge in [-0.1, -0.05) is 50.2 Å². The van der Waals surface area contributed by atoms with Crippen molar-refractivity contribution < 1.29 is 4.74 Å². The number of para-hydroxylation sites is 2. The minimum Gasteiger partial charge on any atom is -0.457 e. The Bertz CT molecular complexity index is 600. The standard InChI is InChI=1S/C18H21NO/c1-17(2,18(19)12-13-18)15-10-6-7-11-16(15)20-14-8-4-3-5-9-14/h3-11H,12-13,19H2,1-2H3. The second-order valence-electron chi connectivity index (χ2n) is 6.19. The van der Waals surface area contributed by atoms with E-state index in [1.165, 1.54) is 5.56 Å². The molecular formula is C18H21NO. The first-order chi connectivity index (χ1) is 9.53. The lowest BCUT2D eigenvalue weighted by Crippen LogP contribution is -2.43. The molecule has 3 rings (SSSR count). The molecule has 0 aliphatic heterocycles. The average Bonchev–Trinajstić information content (AvgIpc) is 3.20. The summed E-state index contributed by atoms with van der Waals surface area (Å²) in [5, 5.41) is 0. The highest BCUT2D eigenvalue weighted by atomic mass is 16.5. The Hall–Kier alpha value is -1.80. The SMILES string of the molecule is CC(C)(c1ccccc1Oc1ccccc1)C1(N)CC1. The maximum atomic E-state index is 6.46. The monoisotopic (exact) mass is 267 g/mol. The van der Waals surface area contributed by atoms with Crippen LogP contribution in [0.3, 0.4) is 0 Å². The summed E-state index contributed by atoms with van der Waals surface area (Å²) < 4.78 is 6.06. The minimum atomic E-state index is -0.0941. The van der Waals surface area contributed by atoms with Crippen LogP contribution in [0, 0.1) is 0 Å². The third-order valence-electron chi connectivity index (χ3n) is 4.56. The lowest BCUT2D eigenvalue weighted by molar-refractivity contribution is 0.370. The van der Waals surface area contributed by atoms with E-state index in [9.17, 15) is 0 Å². The van der Waals surface area contributed by atoms with E-state index in [1.807, 2.05) is 42.5 Å². The van der Waals surface area contributed by atoms with E-state index >= 15 is 0 Å². The summed E-state index contributed by atoms with van der Waals surface area (Å²) in [7, 11) is 0. The number of ether oxygens (including phenoxy) is 1. The fourth-order valence-electron chi connectivity index (χ4n) is 2.72. The second kappa shape index (κ2) is 4.64. The molecule has 0 aromatic heterocycles. The van der Waals surface area contributed by atoms with E-state index in [0.717, 1.165) is 24.3 Å². The molecule has 0 atom stereocenters. The average molecular weight is 267 g/mol. The van der Waals surface area contributed by atoms with Crippen molar-refractivity contribution >= 4 is 0 Å². The summed E-state index contributed by atoms with van der Waals surface area (Å²) in [4.78, 5) is 0. The Morgan fingerprint density at radius 2 is 1.55 bits per heavy atom. The number of hydrogen-bond acceptors (Lipinski definition) is 2. The smallest absolute Gasteiger partial charge is 0.131 e. The van der Waals surface area contributed by atoms with Crippen LogP contribution in [0.2, 0.25) is 0 Å². The zero-order chi connectivity index (χ0) is 14.2. The third-order valence-corrected chi connectivity index (χ3v) is 4.56. The highest BCUT2D eigenvalue weighted by Gasteiger charge is 2.52. The van der Waals surface area contributed by atoms with Crippen LogP contribution in [0.4, 0.5) is 0 Å². The highest BCUT2D eigenvalue weighted by molar-refractivity contribution is 5.45. The molecule has 2 aromatic rings. The maximum Gasteiger partial charge on any atom is 0.131 e. The van der Waals surface area contributed by atoms with E-state index < -0.39 is 0 Å². The molecule has 1 fully saturated rings. The van der Waals surface area contributed by atoms with E-state index in [4.69, 9.17) is 10.5 Å². The van der Waals surface area contributed by atoms with Crippen molar-refractivity contribution in [2.24, 2.45) is 5.73 Å². The topological polar surface area (TPSA) is 35.2 Å². The van der Waals surface area contributed by atoms with Gasteiger partial charge in [-0.3, -0.25) is 0 Å². The summed E-state index contributed by atoms with van der Waals surface area (Å²) in [6, 6.07) is 18.1. The molecule has 0 bridgehead atoms. The summed E-state index contributed by atoms with van der Waals surface area (Å²) in [6.45, 7) is 4.43. The van der Waals surface area contributed by atoms with Crippen molar-refractivity contribution in [2.45, 2.75) is 37.6 Å². The van der Waals surface area contributed by atoms with E-state index in [0.29, 0.717) is 0 Å². The number of nitrogens with two attached hydrogens (primary N) is 1. The van der Waals surface area contributed by atoms with Gasteiger partial charge in [0.25, 0.3) is 0 Å². The van der Waals surface area contributed by atoms with Crippen LogP contribution in [0.1, 0.15) is 32.3 Å². The molecule has 2 nitrogen and oxygen atoms in total. The Balaban J connectivity index is 1.97. The first-order valence-corrected chi connectivity index (χ1v) is 7.14. The van der Waals surface area contributed by atoms with Gasteiger partial charge in [-0.05, 0) is 31.0 Å². The van der Waals surface area contributed by atoms with Crippen molar-refractivity contribution in [3.8, 4) is 11.5 Å². The predicted octanol–water partition coefficient (Wildman–Crippen LogP) is 4.25. The van der Waals surface area contributed by atoms with E-state index in [-0.39, 0.29) is 11.0 Å². The normalized spacial score (nSPS) is 16.8. The second-order valence-corrected chi connectivity index (χ2v) is 6.19. The van der Waals surface area contributed by atoms with Gasteiger partial charge in [0.05, 0.1) is 0 Å². The van der Waals surface area contributed by atoms with Gasteiger partial charge in [0.15, 0.2) is 0 Å². The maximum absolute atomic E-state index is 6.46. The molecule has 2 heteroatoms. The molecule has 0 amide bonds. The number of rotatable bonds is 4. The van der Waals surface area contributed by atoms with Gasteiger partial charge in [0.2, 0.25) is 0 Å². The molecule has 2 N–H and O–H groups in total. The molecule has 20 heavy (non-hydrogen) atoms. The molecule has 1 saturated carbocycles. The zero-order valence-corrected chi connectivity index (χ0v) is 12.1. The van der Waals surface area contributed by atoms with Crippen molar-refractivity contribution in [2.75, 3.05) is 0 Å². The van der Waals surface area contributed by atoms with Gasteiger partial charge in [0.1, 0.15) is 11.5 Å². The van der Waals surface area contributed by atoms with Gasteiger partial charge in [-0.2, -0.15) is 0 Å². The lowest BCUT2D eigenvalue weighted by atomic mass is 9.75. The predicted molar refractivity (Wildman–Crippen MR) is 82.1 cm³/mol. The number of benzene rings is 2. The molecule has 0 unspecified atom stereocenters. The molecule has 1 aliphatic rings. The zero-order valence-electron chi connectivity index (χ0n) is 12.1. The molecule has 2 aromatic carbocycles. The van der Waals surface area contributed by atoms with Crippen LogP contribution in [-0.2, 0) is 5.41 Å². The quantitative estimate of drug-likeness (QED) is 0.899. The molecule has 104 valence electrons. The van der Waals surface area contributed by atoms with Crippen molar-refractivity contribution in [1.29, 1.82) is 0 Å². The third kappa shape index (κ3) is 2.20. The molecular weight excluding hydrogens is 246 g/mol. The van der Waals surface area contributed by atoms with Crippen LogP contribution in [0.15, 0.2) is 54.6 Å². The number of hydrogen-bond donors (Lipinski definition) is 1. The molecule has 0 heterocycles. The van der Waals surface area contributed by atoms with Crippen LogP contribution in [0.5, 0.6) is 11.5 Å². The first-order valence-electron chi connectivity index (χ1n) is 7.14. The Morgan fingerprint density at radius 3 is 2.20 bits per heavy atom. The van der Waals surface area contributed by atoms with Crippen molar-refractivity contribution in [1.82, 2.24) is 0 Å². The first kappa shape index (κ1) is 13.2. The van der Waals surface area contributed by atoms with Gasteiger partial charge < -0.3 is 10.5 Å². The fraction of sp³-hybridized carbons (Fsp3) is 0.333. The van der Waals surface area contributed by atoms with Gasteiger partial charge >= 0.3 is 0 Å². The Morgan fingerprint density at radius 1 is 0.950 bits per heavy atom. The lowest BCUT2D eigenvalue weighted by Gasteiger charge is -2.33.